The van der Waals surface area contributed by atoms with Crippen molar-refractivity contribution in [3.63, 3.8) is 0 Å². The van der Waals surface area contributed by atoms with Crippen LogP contribution in [0.15, 0.2) is 36.4 Å². The molecule has 0 aliphatic heterocycles. The third kappa shape index (κ3) is 4.85. The Labute approximate surface area is 190 Å². The minimum absolute atomic E-state index is 0.101. The Bertz CT molecular complexity index is 972. The molecular formula is C17H11Cl6N3O2. The highest BCUT2D eigenvalue weighted by Gasteiger charge is 2.34. The molecule has 0 aliphatic carbocycles. The highest BCUT2D eigenvalue weighted by molar-refractivity contribution is 6.67. The van der Waals surface area contributed by atoms with Gasteiger partial charge in [0.05, 0.1) is 0 Å². The van der Waals surface area contributed by atoms with Crippen LogP contribution in [-0.2, 0) is 12.3 Å². The first-order chi connectivity index (χ1) is 13.1. The molecule has 0 atom stereocenters. The van der Waals surface area contributed by atoms with Crippen LogP contribution in [0.1, 0.15) is 11.6 Å². The molecule has 0 unspecified atom stereocenters. The van der Waals surface area contributed by atoms with Crippen molar-refractivity contribution in [2.24, 2.45) is 0 Å². The van der Waals surface area contributed by atoms with Gasteiger partial charge in [-0.25, -0.2) is 15.0 Å². The van der Waals surface area contributed by atoms with Gasteiger partial charge in [0.15, 0.2) is 24.3 Å². The monoisotopic (exact) mass is 499 g/mol. The molecule has 148 valence electrons. The maximum Gasteiger partial charge on any atom is 0.250 e. The molecule has 1 heterocycles. The average Bonchev–Trinajstić information content (AvgIpc) is 2.64. The number of aromatic nitrogens is 3. The van der Waals surface area contributed by atoms with Crippen LogP contribution < -0.4 is 4.74 Å². The van der Waals surface area contributed by atoms with Crippen LogP contribution in [0, 0.1) is 0 Å². The van der Waals surface area contributed by atoms with Gasteiger partial charge in [0, 0.05) is 18.1 Å². The smallest absolute Gasteiger partial charge is 0.250 e. The van der Waals surface area contributed by atoms with E-state index in [1.807, 2.05) is 24.3 Å². The molecule has 11 heteroatoms. The van der Waals surface area contributed by atoms with Crippen molar-refractivity contribution in [2.75, 3.05) is 13.9 Å². The predicted octanol–water partition coefficient (Wildman–Crippen LogP) is 6.33. The van der Waals surface area contributed by atoms with E-state index in [9.17, 15) is 0 Å². The zero-order valence-electron chi connectivity index (χ0n) is 14.1. The molecular weight excluding hydrogens is 491 g/mol. The SMILES string of the molecule is COCOc1ccc(-c2nc(C(Cl)(Cl)Cl)nc(C(Cl)(Cl)Cl)n2)c2ccccc12. The third-order valence-electron chi connectivity index (χ3n) is 3.60. The van der Waals surface area contributed by atoms with Crippen molar-refractivity contribution >= 4 is 80.4 Å². The quantitative estimate of drug-likeness (QED) is 0.309. The molecule has 2 aromatic carbocycles. The second kappa shape index (κ2) is 8.52. The van der Waals surface area contributed by atoms with E-state index in [1.165, 1.54) is 7.11 Å². The molecule has 0 fully saturated rings. The van der Waals surface area contributed by atoms with Gasteiger partial charge in [0.1, 0.15) is 5.75 Å². The van der Waals surface area contributed by atoms with Crippen LogP contribution in [0.2, 0.25) is 0 Å². The molecule has 0 amide bonds. The first kappa shape index (κ1) is 21.9. The number of methoxy groups -OCH3 is 1. The van der Waals surface area contributed by atoms with Gasteiger partial charge in [0.25, 0.3) is 0 Å². The summed E-state index contributed by atoms with van der Waals surface area (Å²) in [7, 11) is 1.54. The number of hydrogen-bond acceptors (Lipinski definition) is 5. The molecule has 0 spiro atoms. The number of fused-ring (bicyclic) bond motifs is 1. The number of halogens is 6. The molecule has 0 aliphatic rings. The number of rotatable bonds is 4. The normalized spacial score (nSPS) is 12.4. The summed E-state index contributed by atoms with van der Waals surface area (Å²) in [6.45, 7) is 0.101. The zero-order chi connectivity index (χ0) is 20.5. The summed E-state index contributed by atoms with van der Waals surface area (Å²) in [5.41, 5.74) is 0.619. The Kier molecular flexibility index (Phi) is 6.67. The lowest BCUT2D eigenvalue weighted by molar-refractivity contribution is 0.0522. The van der Waals surface area contributed by atoms with Crippen LogP contribution in [0.3, 0.4) is 0 Å². The summed E-state index contributed by atoms with van der Waals surface area (Å²) in [6, 6.07) is 11.0. The van der Waals surface area contributed by atoms with Gasteiger partial charge in [-0.15, -0.1) is 0 Å². The third-order valence-corrected chi connectivity index (χ3v) is 4.61. The van der Waals surface area contributed by atoms with Gasteiger partial charge in [-0.3, -0.25) is 0 Å². The van der Waals surface area contributed by atoms with E-state index in [4.69, 9.17) is 79.1 Å². The standard InChI is InChI=1S/C17H11Cl6N3O2/c1-27-8-28-12-7-6-11(9-4-2-3-5-10(9)12)13-24-14(16(18,19)20)26-15(25-13)17(21,22)23/h2-7H,8H2,1H3. The first-order valence-corrected chi connectivity index (χ1v) is 9.92. The van der Waals surface area contributed by atoms with E-state index < -0.39 is 7.59 Å². The van der Waals surface area contributed by atoms with Crippen molar-refractivity contribution in [1.82, 2.24) is 15.0 Å². The van der Waals surface area contributed by atoms with Crippen molar-refractivity contribution in [3.8, 4) is 17.1 Å². The van der Waals surface area contributed by atoms with Crippen molar-refractivity contribution in [3.05, 3.63) is 48.0 Å². The zero-order valence-corrected chi connectivity index (χ0v) is 18.6. The lowest BCUT2D eigenvalue weighted by Gasteiger charge is -2.17. The fourth-order valence-electron chi connectivity index (χ4n) is 2.46. The summed E-state index contributed by atoms with van der Waals surface area (Å²) < 4.78 is 6.72. The van der Waals surface area contributed by atoms with Crippen LogP contribution in [0.4, 0.5) is 0 Å². The van der Waals surface area contributed by atoms with Crippen LogP contribution in [-0.4, -0.2) is 28.9 Å². The topological polar surface area (TPSA) is 57.1 Å². The lowest BCUT2D eigenvalue weighted by atomic mass is 10.0. The summed E-state index contributed by atoms with van der Waals surface area (Å²) in [4.78, 5) is 12.5. The van der Waals surface area contributed by atoms with Crippen LogP contribution in [0.5, 0.6) is 5.75 Å². The van der Waals surface area contributed by atoms with Gasteiger partial charge in [-0.2, -0.15) is 0 Å². The number of hydrogen-bond donors (Lipinski definition) is 0. The highest BCUT2D eigenvalue weighted by atomic mass is 35.6. The molecule has 0 saturated carbocycles. The summed E-state index contributed by atoms with van der Waals surface area (Å²) in [5.74, 6) is 0.492. The number of alkyl halides is 6. The summed E-state index contributed by atoms with van der Waals surface area (Å²) in [5, 5.41) is 1.59. The minimum Gasteiger partial charge on any atom is -0.467 e. The molecule has 3 aromatic rings. The van der Waals surface area contributed by atoms with Crippen molar-refractivity contribution in [1.29, 1.82) is 0 Å². The maximum absolute atomic E-state index is 5.96. The van der Waals surface area contributed by atoms with E-state index in [1.54, 1.807) is 12.1 Å². The van der Waals surface area contributed by atoms with Gasteiger partial charge in [-0.1, -0.05) is 93.9 Å². The van der Waals surface area contributed by atoms with E-state index in [0.717, 1.165) is 10.8 Å². The maximum atomic E-state index is 5.96. The van der Waals surface area contributed by atoms with E-state index >= 15 is 0 Å². The van der Waals surface area contributed by atoms with E-state index in [2.05, 4.69) is 15.0 Å². The van der Waals surface area contributed by atoms with Gasteiger partial charge < -0.3 is 9.47 Å². The summed E-state index contributed by atoms with van der Waals surface area (Å²) in [6.07, 6.45) is 0. The number of benzene rings is 2. The van der Waals surface area contributed by atoms with E-state index in [0.29, 0.717) is 11.3 Å². The Hall–Kier alpha value is -0.790. The Morgan fingerprint density at radius 1 is 0.786 bits per heavy atom. The Morgan fingerprint density at radius 3 is 1.89 bits per heavy atom. The molecule has 0 bridgehead atoms. The Morgan fingerprint density at radius 2 is 1.36 bits per heavy atom. The highest BCUT2D eigenvalue weighted by Crippen LogP contribution is 2.41. The largest absolute Gasteiger partial charge is 0.467 e. The molecule has 0 radical (unpaired) electrons. The minimum atomic E-state index is -1.93. The van der Waals surface area contributed by atoms with Gasteiger partial charge in [-0.05, 0) is 17.5 Å². The van der Waals surface area contributed by atoms with Gasteiger partial charge in [0.2, 0.25) is 7.59 Å². The van der Waals surface area contributed by atoms with Gasteiger partial charge >= 0.3 is 0 Å². The molecule has 3 rings (SSSR count). The predicted molar refractivity (Wildman–Crippen MR) is 114 cm³/mol. The first-order valence-electron chi connectivity index (χ1n) is 7.65. The molecule has 5 nitrogen and oxygen atoms in total. The average molecular weight is 502 g/mol. The van der Waals surface area contributed by atoms with Crippen LogP contribution >= 0.6 is 69.6 Å². The van der Waals surface area contributed by atoms with E-state index in [-0.39, 0.29) is 24.3 Å². The number of nitrogens with zero attached hydrogens (tertiary/aromatic N) is 3. The Balaban J connectivity index is 2.25. The molecule has 28 heavy (non-hydrogen) atoms. The molecule has 1 aromatic heterocycles. The fraction of sp³-hybridized carbons (Fsp3) is 0.235. The lowest BCUT2D eigenvalue weighted by Crippen LogP contribution is -2.16. The second-order valence-electron chi connectivity index (χ2n) is 5.51. The summed E-state index contributed by atoms with van der Waals surface area (Å²) >= 11 is 35.7. The molecule has 0 N–H and O–H groups in total. The van der Waals surface area contributed by atoms with Crippen LogP contribution in [0.25, 0.3) is 22.2 Å². The van der Waals surface area contributed by atoms with Crippen molar-refractivity contribution in [2.45, 2.75) is 7.59 Å². The fourth-order valence-corrected chi connectivity index (χ4v) is 2.97. The second-order valence-corrected chi connectivity index (χ2v) is 10.1. The number of ether oxygens (including phenoxy) is 2. The molecule has 0 saturated heterocycles. The van der Waals surface area contributed by atoms with Crippen molar-refractivity contribution < 1.29 is 9.47 Å².